The van der Waals surface area contributed by atoms with Gasteiger partial charge in [0.2, 0.25) is 11.8 Å². The summed E-state index contributed by atoms with van der Waals surface area (Å²) in [5, 5.41) is 3.03. The zero-order chi connectivity index (χ0) is 24.1. The van der Waals surface area contributed by atoms with E-state index in [4.69, 9.17) is 5.73 Å². The summed E-state index contributed by atoms with van der Waals surface area (Å²) >= 11 is 0. The number of hydrogen-bond acceptors (Lipinski definition) is 3. The normalized spacial score (nSPS) is 17.4. The van der Waals surface area contributed by atoms with Crippen LogP contribution in [0.3, 0.4) is 0 Å². The predicted octanol–water partition coefficient (Wildman–Crippen LogP) is 3.31. The zero-order valence-electron chi connectivity index (χ0n) is 19.8. The summed E-state index contributed by atoms with van der Waals surface area (Å²) in [6.45, 7) is 4.87. The number of nitrogens with one attached hydrogen (secondary N) is 1. The van der Waals surface area contributed by atoms with Crippen LogP contribution in [0.4, 0.5) is 4.79 Å². The molecule has 0 unspecified atom stereocenters. The zero-order valence-corrected chi connectivity index (χ0v) is 19.8. The van der Waals surface area contributed by atoms with Gasteiger partial charge in [-0.25, -0.2) is 4.79 Å². The van der Waals surface area contributed by atoms with Gasteiger partial charge in [0, 0.05) is 44.6 Å². The number of amides is 4. The molecule has 2 heterocycles. The van der Waals surface area contributed by atoms with Crippen LogP contribution in [0.1, 0.15) is 36.8 Å². The molecular formula is C27H34N4O3. The fourth-order valence-corrected chi connectivity index (χ4v) is 4.95. The highest BCUT2D eigenvalue weighted by atomic mass is 16.2. The molecular weight excluding hydrogens is 428 g/mol. The first-order valence-corrected chi connectivity index (χ1v) is 12.2. The number of benzene rings is 2. The summed E-state index contributed by atoms with van der Waals surface area (Å²) in [4.78, 5) is 40.6. The maximum absolute atomic E-state index is 12.9. The number of aryl methyl sites for hydroxylation is 1. The Bertz CT molecular complexity index is 1040. The molecule has 4 amide bonds. The largest absolute Gasteiger partial charge is 0.369 e. The molecule has 0 atom stereocenters. The van der Waals surface area contributed by atoms with E-state index in [1.165, 1.54) is 11.1 Å². The van der Waals surface area contributed by atoms with Gasteiger partial charge in [-0.2, -0.15) is 0 Å². The Hall–Kier alpha value is -3.35. The standard InChI is InChI=1S/C27H34N4O3/c1-19-4-2-6-23(16-19)24-7-3-5-20(17-24)18-29-27(34)31-14-10-22(11-15-31)26(33)30-12-8-21(9-13-30)25(28)32/h2-7,16-17,21-22H,8-15,18H2,1H3,(H2,28,32)(H,29,34). The van der Waals surface area contributed by atoms with Gasteiger partial charge in [-0.05, 0) is 55.4 Å². The van der Waals surface area contributed by atoms with Gasteiger partial charge >= 0.3 is 6.03 Å². The number of carbonyl (C=O) groups excluding carboxylic acids is 3. The van der Waals surface area contributed by atoms with E-state index in [1.54, 1.807) is 4.90 Å². The molecule has 4 rings (SSSR count). The second kappa shape index (κ2) is 10.7. The molecule has 0 radical (unpaired) electrons. The van der Waals surface area contributed by atoms with E-state index in [9.17, 15) is 14.4 Å². The summed E-state index contributed by atoms with van der Waals surface area (Å²) < 4.78 is 0. The molecule has 2 fully saturated rings. The average Bonchev–Trinajstić information content (AvgIpc) is 2.87. The molecule has 0 aromatic heterocycles. The van der Waals surface area contributed by atoms with Crippen LogP contribution in [0.25, 0.3) is 11.1 Å². The first-order valence-electron chi connectivity index (χ1n) is 12.2. The fourth-order valence-electron chi connectivity index (χ4n) is 4.95. The summed E-state index contributed by atoms with van der Waals surface area (Å²) in [6.07, 6.45) is 2.64. The minimum atomic E-state index is -0.270. The van der Waals surface area contributed by atoms with Crippen LogP contribution in [0.5, 0.6) is 0 Å². The number of hydrogen-bond donors (Lipinski definition) is 2. The molecule has 2 saturated heterocycles. The first kappa shape index (κ1) is 23.8. The highest BCUT2D eigenvalue weighted by Crippen LogP contribution is 2.24. The smallest absolute Gasteiger partial charge is 0.317 e. The lowest BCUT2D eigenvalue weighted by Gasteiger charge is -2.36. The molecule has 0 spiro atoms. The topological polar surface area (TPSA) is 95.7 Å². The van der Waals surface area contributed by atoms with Crippen LogP contribution in [0.2, 0.25) is 0 Å². The molecule has 0 saturated carbocycles. The van der Waals surface area contributed by atoms with Gasteiger partial charge < -0.3 is 20.9 Å². The lowest BCUT2D eigenvalue weighted by molar-refractivity contribution is -0.139. The molecule has 3 N–H and O–H groups in total. The van der Waals surface area contributed by atoms with Gasteiger partial charge in [0.15, 0.2) is 0 Å². The third kappa shape index (κ3) is 5.76. The number of primary amides is 1. The molecule has 2 aromatic rings. The van der Waals surface area contributed by atoms with E-state index in [-0.39, 0.29) is 29.7 Å². The van der Waals surface area contributed by atoms with Crippen molar-refractivity contribution in [1.29, 1.82) is 0 Å². The van der Waals surface area contributed by atoms with Crippen molar-refractivity contribution in [2.45, 2.75) is 39.2 Å². The number of nitrogens with two attached hydrogens (primary N) is 1. The Morgan fingerprint density at radius 3 is 2.09 bits per heavy atom. The SMILES string of the molecule is Cc1cccc(-c2cccc(CNC(=O)N3CCC(C(=O)N4CCC(C(N)=O)CC4)CC3)c2)c1. The van der Waals surface area contributed by atoms with E-state index in [0.29, 0.717) is 58.4 Å². The number of carbonyl (C=O) groups is 3. The Labute approximate surface area is 201 Å². The molecule has 2 aliphatic rings. The molecule has 0 bridgehead atoms. The molecule has 0 aliphatic carbocycles. The van der Waals surface area contributed by atoms with Crippen LogP contribution >= 0.6 is 0 Å². The second-order valence-electron chi connectivity index (χ2n) is 9.49. The average molecular weight is 463 g/mol. The molecule has 180 valence electrons. The number of piperidine rings is 2. The summed E-state index contributed by atoms with van der Waals surface area (Å²) in [5.74, 6) is -0.295. The maximum atomic E-state index is 12.9. The van der Waals surface area contributed by atoms with E-state index in [2.05, 4.69) is 48.6 Å². The highest BCUT2D eigenvalue weighted by molar-refractivity contribution is 5.81. The molecule has 2 aliphatic heterocycles. The van der Waals surface area contributed by atoms with Crippen molar-refractivity contribution in [1.82, 2.24) is 15.1 Å². The van der Waals surface area contributed by atoms with Gasteiger partial charge in [-0.3, -0.25) is 9.59 Å². The van der Waals surface area contributed by atoms with Crippen molar-refractivity contribution in [2.75, 3.05) is 26.2 Å². The van der Waals surface area contributed by atoms with Crippen LogP contribution in [-0.2, 0) is 16.1 Å². The lowest BCUT2D eigenvalue weighted by Crippen LogP contribution is -2.49. The van der Waals surface area contributed by atoms with Crippen molar-refractivity contribution < 1.29 is 14.4 Å². The van der Waals surface area contributed by atoms with Crippen molar-refractivity contribution in [3.8, 4) is 11.1 Å². The maximum Gasteiger partial charge on any atom is 0.317 e. The van der Waals surface area contributed by atoms with Crippen molar-refractivity contribution in [3.05, 3.63) is 59.7 Å². The van der Waals surface area contributed by atoms with Crippen molar-refractivity contribution in [3.63, 3.8) is 0 Å². The van der Waals surface area contributed by atoms with Crippen molar-refractivity contribution in [2.24, 2.45) is 17.6 Å². The summed E-state index contributed by atoms with van der Waals surface area (Å²) in [6, 6.07) is 16.5. The van der Waals surface area contributed by atoms with Crippen LogP contribution in [0.15, 0.2) is 48.5 Å². The molecule has 7 nitrogen and oxygen atoms in total. The quantitative estimate of drug-likeness (QED) is 0.714. The molecule has 2 aromatic carbocycles. The van der Waals surface area contributed by atoms with Crippen LogP contribution < -0.4 is 11.1 Å². The monoisotopic (exact) mass is 462 g/mol. The predicted molar refractivity (Wildman–Crippen MR) is 132 cm³/mol. The van der Waals surface area contributed by atoms with E-state index in [1.807, 2.05) is 17.0 Å². The van der Waals surface area contributed by atoms with Gasteiger partial charge in [-0.1, -0.05) is 48.0 Å². The summed E-state index contributed by atoms with van der Waals surface area (Å²) in [5.41, 5.74) is 9.96. The molecule has 7 heteroatoms. The number of urea groups is 1. The minimum Gasteiger partial charge on any atom is -0.369 e. The summed E-state index contributed by atoms with van der Waals surface area (Å²) in [7, 11) is 0. The number of likely N-dealkylation sites (tertiary alicyclic amines) is 2. The highest BCUT2D eigenvalue weighted by Gasteiger charge is 2.33. The third-order valence-corrected chi connectivity index (χ3v) is 7.06. The van der Waals surface area contributed by atoms with Gasteiger partial charge in [0.05, 0.1) is 0 Å². The Kier molecular flexibility index (Phi) is 7.50. The second-order valence-corrected chi connectivity index (χ2v) is 9.49. The van der Waals surface area contributed by atoms with Gasteiger partial charge in [0.25, 0.3) is 0 Å². The third-order valence-electron chi connectivity index (χ3n) is 7.06. The van der Waals surface area contributed by atoms with Crippen LogP contribution in [0, 0.1) is 18.8 Å². The van der Waals surface area contributed by atoms with Gasteiger partial charge in [0.1, 0.15) is 0 Å². The molecule has 34 heavy (non-hydrogen) atoms. The Balaban J connectivity index is 1.24. The first-order chi connectivity index (χ1) is 16.4. The van der Waals surface area contributed by atoms with Gasteiger partial charge in [-0.15, -0.1) is 0 Å². The van der Waals surface area contributed by atoms with Crippen molar-refractivity contribution >= 4 is 17.8 Å². The van der Waals surface area contributed by atoms with Crippen LogP contribution in [-0.4, -0.2) is 53.8 Å². The minimum absolute atomic E-state index is 0.0554. The lowest BCUT2D eigenvalue weighted by atomic mass is 9.92. The fraction of sp³-hybridized carbons (Fsp3) is 0.444. The van der Waals surface area contributed by atoms with E-state index in [0.717, 1.165) is 11.1 Å². The Morgan fingerprint density at radius 1 is 0.853 bits per heavy atom. The Morgan fingerprint density at radius 2 is 1.44 bits per heavy atom. The van der Waals surface area contributed by atoms with E-state index < -0.39 is 0 Å². The number of nitrogens with zero attached hydrogens (tertiary/aromatic N) is 2. The number of rotatable bonds is 5. The van der Waals surface area contributed by atoms with E-state index >= 15 is 0 Å².